The van der Waals surface area contributed by atoms with Crippen LogP contribution in [0, 0.1) is 18.6 Å². The van der Waals surface area contributed by atoms with Gasteiger partial charge in [0.25, 0.3) is 10.0 Å². The van der Waals surface area contributed by atoms with Crippen molar-refractivity contribution in [1.82, 2.24) is 13.9 Å². The number of benzene rings is 3. The van der Waals surface area contributed by atoms with Crippen LogP contribution >= 0.6 is 11.3 Å². The quantitative estimate of drug-likeness (QED) is 0.229. The molecule has 3 aromatic carbocycles. The van der Waals surface area contributed by atoms with E-state index >= 15 is 0 Å². The van der Waals surface area contributed by atoms with E-state index in [4.69, 9.17) is 4.98 Å². The van der Waals surface area contributed by atoms with Gasteiger partial charge in [0.2, 0.25) is 0 Å². The Hall–Kier alpha value is -4.21. The molecule has 6 aromatic rings. The highest BCUT2D eigenvalue weighted by atomic mass is 32.2. The van der Waals surface area contributed by atoms with Gasteiger partial charge in [-0.2, -0.15) is 0 Å². The molecule has 0 amide bonds. The van der Waals surface area contributed by atoms with Gasteiger partial charge in [-0.3, -0.25) is 4.98 Å². The monoisotopic (exact) mass is 543 g/mol. The second kappa shape index (κ2) is 9.27. The molecule has 0 aliphatic rings. The number of halogens is 2. The molecule has 3 heterocycles. The Bertz CT molecular complexity index is 1900. The summed E-state index contributed by atoms with van der Waals surface area (Å²) in [6.45, 7) is 1.96. The summed E-state index contributed by atoms with van der Waals surface area (Å²) in [5.74, 6) is -1.71. The Morgan fingerprint density at radius 1 is 0.842 bits per heavy atom. The van der Waals surface area contributed by atoms with E-state index in [1.54, 1.807) is 48.8 Å². The molecule has 0 radical (unpaired) electrons. The lowest BCUT2D eigenvalue weighted by Crippen LogP contribution is -2.14. The van der Waals surface area contributed by atoms with Crippen molar-refractivity contribution in [3.63, 3.8) is 0 Å². The van der Waals surface area contributed by atoms with E-state index in [-0.39, 0.29) is 10.6 Å². The second-order valence-electron chi connectivity index (χ2n) is 8.65. The summed E-state index contributed by atoms with van der Waals surface area (Å²) in [6, 6.07) is 21.8. The Kier molecular flexibility index (Phi) is 5.89. The molecule has 6 rings (SSSR count). The van der Waals surface area contributed by atoms with Crippen LogP contribution in [0.4, 0.5) is 8.78 Å². The largest absolute Gasteiger partial charge is 0.268 e. The standard InChI is InChI=1S/C29H19F2N3O2S2/c1-18-28(33-29(37-18)20-7-6-14-32-17-20)19-12-13-25-21(15-19)16-26(27-23(30)10-5-11-24(27)31)34(25)38(35,36)22-8-3-2-4-9-22/h2-17H,1H3. The Morgan fingerprint density at radius 3 is 2.32 bits per heavy atom. The zero-order valence-corrected chi connectivity index (χ0v) is 21.6. The lowest BCUT2D eigenvalue weighted by Gasteiger charge is -2.13. The predicted octanol–water partition coefficient (Wildman–Crippen LogP) is 7.32. The molecule has 0 N–H and O–H groups in total. The van der Waals surface area contributed by atoms with Crippen LogP contribution in [0.1, 0.15) is 4.88 Å². The third-order valence-corrected chi connectivity index (χ3v) is 9.00. The average molecular weight is 544 g/mol. The molecule has 3 aromatic heterocycles. The molecular formula is C29H19F2N3O2S2. The highest BCUT2D eigenvalue weighted by molar-refractivity contribution is 7.90. The lowest BCUT2D eigenvalue weighted by molar-refractivity contribution is 0.583. The maximum absolute atomic E-state index is 14.9. The van der Waals surface area contributed by atoms with Gasteiger partial charge in [0.05, 0.1) is 27.4 Å². The highest BCUT2D eigenvalue weighted by Crippen LogP contribution is 2.38. The molecule has 188 valence electrons. The minimum atomic E-state index is -4.19. The molecule has 38 heavy (non-hydrogen) atoms. The van der Waals surface area contributed by atoms with Crippen molar-refractivity contribution >= 4 is 32.3 Å². The minimum absolute atomic E-state index is 0.0102. The van der Waals surface area contributed by atoms with E-state index in [1.807, 2.05) is 19.1 Å². The molecule has 0 aliphatic heterocycles. The zero-order chi connectivity index (χ0) is 26.4. The van der Waals surface area contributed by atoms with Crippen LogP contribution in [-0.2, 0) is 10.0 Å². The number of rotatable bonds is 5. The summed E-state index contributed by atoms with van der Waals surface area (Å²) in [5.41, 5.74) is 2.20. The van der Waals surface area contributed by atoms with Crippen molar-refractivity contribution in [2.24, 2.45) is 0 Å². The SMILES string of the molecule is Cc1sc(-c2cccnc2)nc1-c1ccc2c(c1)cc(-c1c(F)cccc1F)n2S(=O)(=O)c1ccccc1. The first-order valence-electron chi connectivity index (χ1n) is 11.6. The number of thiazole rings is 1. The van der Waals surface area contributed by atoms with Crippen LogP contribution in [-0.4, -0.2) is 22.4 Å². The first-order chi connectivity index (χ1) is 18.3. The van der Waals surface area contributed by atoms with E-state index in [1.165, 1.54) is 35.6 Å². The predicted molar refractivity (Wildman–Crippen MR) is 145 cm³/mol. The first kappa shape index (κ1) is 24.1. The number of fused-ring (bicyclic) bond motifs is 1. The van der Waals surface area contributed by atoms with Gasteiger partial charge in [0.15, 0.2) is 0 Å². The Labute approximate surface area is 221 Å². The third-order valence-electron chi connectivity index (χ3n) is 6.24. The zero-order valence-electron chi connectivity index (χ0n) is 20.0. The highest BCUT2D eigenvalue weighted by Gasteiger charge is 2.27. The fraction of sp³-hybridized carbons (Fsp3) is 0.0345. The molecule has 0 atom stereocenters. The van der Waals surface area contributed by atoms with E-state index < -0.39 is 27.2 Å². The second-order valence-corrected chi connectivity index (χ2v) is 11.6. The van der Waals surface area contributed by atoms with Gasteiger partial charge in [-0.05, 0) is 61.5 Å². The normalized spacial score (nSPS) is 11.8. The van der Waals surface area contributed by atoms with E-state index in [9.17, 15) is 17.2 Å². The fourth-order valence-electron chi connectivity index (χ4n) is 4.49. The van der Waals surface area contributed by atoms with Crippen molar-refractivity contribution in [3.8, 4) is 33.1 Å². The maximum atomic E-state index is 14.9. The molecule has 0 spiro atoms. The van der Waals surface area contributed by atoms with Crippen molar-refractivity contribution in [3.05, 3.63) is 114 Å². The average Bonchev–Trinajstić information content (AvgIpc) is 3.50. The van der Waals surface area contributed by atoms with Crippen LogP contribution in [0.3, 0.4) is 0 Å². The molecule has 0 saturated heterocycles. The van der Waals surface area contributed by atoms with Crippen molar-refractivity contribution in [2.45, 2.75) is 11.8 Å². The van der Waals surface area contributed by atoms with Crippen LogP contribution in [0.2, 0.25) is 0 Å². The molecule has 0 aliphatic carbocycles. The lowest BCUT2D eigenvalue weighted by atomic mass is 10.1. The van der Waals surface area contributed by atoms with Crippen molar-refractivity contribution in [2.75, 3.05) is 0 Å². The van der Waals surface area contributed by atoms with Crippen LogP contribution in [0.25, 0.3) is 44.0 Å². The summed E-state index contributed by atoms with van der Waals surface area (Å²) in [7, 11) is -4.19. The molecule has 0 unspecified atom stereocenters. The Balaban J connectivity index is 1.58. The van der Waals surface area contributed by atoms with Gasteiger partial charge >= 0.3 is 0 Å². The molecule has 0 saturated carbocycles. The number of pyridine rings is 1. The van der Waals surface area contributed by atoms with E-state index in [2.05, 4.69) is 4.98 Å². The van der Waals surface area contributed by atoms with E-state index in [0.29, 0.717) is 10.9 Å². The topological polar surface area (TPSA) is 64.8 Å². The van der Waals surface area contributed by atoms with Crippen molar-refractivity contribution in [1.29, 1.82) is 0 Å². The summed E-state index contributed by atoms with van der Waals surface area (Å²) >= 11 is 1.53. The number of nitrogens with zero attached hydrogens (tertiary/aromatic N) is 3. The fourth-order valence-corrected chi connectivity index (χ4v) is 6.95. The van der Waals surface area contributed by atoms with Gasteiger partial charge in [0, 0.05) is 33.8 Å². The molecular weight excluding hydrogens is 524 g/mol. The van der Waals surface area contributed by atoms with Crippen LogP contribution < -0.4 is 0 Å². The first-order valence-corrected chi connectivity index (χ1v) is 13.9. The number of aromatic nitrogens is 3. The summed E-state index contributed by atoms with van der Waals surface area (Å²) in [4.78, 5) is 9.95. The summed E-state index contributed by atoms with van der Waals surface area (Å²) < 4.78 is 58.5. The molecule has 5 nitrogen and oxygen atoms in total. The van der Waals surface area contributed by atoms with Gasteiger partial charge in [-0.25, -0.2) is 26.2 Å². The van der Waals surface area contributed by atoms with Gasteiger partial charge in [-0.15, -0.1) is 11.3 Å². The molecule has 0 fully saturated rings. The minimum Gasteiger partial charge on any atom is -0.264 e. The van der Waals surface area contributed by atoms with Crippen LogP contribution in [0.15, 0.2) is 102 Å². The van der Waals surface area contributed by atoms with E-state index in [0.717, 1.165) is 42.8 Å². The van der Waals surface area contributed by atoms with Gasteiger partial charge in [0.1, 0.15) is 16.6 Å². The molecule has 0 bridgehead atoms. The summed E-state index contributed by atoms with van der Waals surface area (Å²) in [6.07, 6.45) is 3.44. The Morgan fingerprint density at radius 2 is 1.61 bits per heavy atom. The smallest absolute Gasteiger partial charge is 0.264 e. The third kappa shape index (κ3) is 4.00. The van der Waals surface area contributed by atoms with Crippen molar-refractivity contribution < 1.29 is 17.2 Å². The van der Waals surface area contributed by atoms with Gasteiger partial charge < -0.3 is 0 Å². The molecule has 9 heteroatoms. The number of hydrogen-bond donors (Lipinski definition) is 0. The van der Waals surface area contributed by atoms with Crippen LogP contribution in [0.5, 0.6) is 0 Å². The number of aryl methyl sites for hydroxylation is 1. The number of hydrogen-bond acceptors (Lipinski definition) is 5. The van der Waals surface area contributed by atoms with Gasteiger partial charge in [-0.1, -0.05) is 30.3 Å². The maximum Gasteiger partial charge on any atom is 0.268 e. The summed E-state index contributed by atoms with van der Waals surface area (Å²) in [5, 5.41) is 1.32.